The summed E-state index contributed by atoms with van der Waals surface area (Å²) in [5.41, 5.74) is 0.703. The van der Waals surface area contributed by atoms with Crippen LogP contribution in [0.5, 0.6) is 0 Å². The number of amides is 2. The van der Waals surface area contributed by atoms with Gasteiger partial charge in [0.2, 0.25) is 11.8 Å². The molecule has 0 radical (unpaired) electrons. The highest BCUT2D eigenvalue weighted by atomic mass is 32.2. The highest BCUT2D eigenvalue weighted by Crippen LogP contribution is 2.21. The number of carbonyl (C=O) groups is 7. The molecule has 2 amide bonds. The number of nitrogens with one attached hydrogen (secondary N) is 2. The van der Waals surface area contributed by atoms with Crippen LogP contribution in [0.15, 0.2) is 41.8 Å². The summed E-state index contributed by atoms with van der Waals surface area (Å²) in [5, 5.41) is 6.01. The summed E-state index contributed by atoms with van der Waals surface area (Å²) in [6, 6.07) is 6.39. The average molecular weight is 753 g/mol. The predicted octanol–water partition coefficient (Wildman–Crippen LogP) is 2.75. The predicted molar refractivity (Wildman–Crippen MR) is 189 cm³/mol. The smallest absolute Gasteiger partial charge is 0.308 e. The highest BCUT2D eigenvalue weighted by Gasteiger charge is 2.34. The van der Waals surface area contributed by atoms with E-state index in [0.717, 1.165) is 17.7 Å². The van der Waals surface area contributed by atoms with E-state index in [-0.39, 0.29) is 45.7 Å². The Balaban J connectivity index is 3.28. The van der Waals surface area contributed by atoms with E-state index in [1.165, 1.54) is 0 Å². The molecule has 1 aromatic carbocycles. The lowest BCUT2D eigenvalue weighted by molar-refractivity contribution is -0.151. The largest absolute Gasteiger partial charge is 0.466 e. The first-order valence-electron chi connectivity index (χ1n) is 17.2. The first kappa shape index (κ1) is 45.4. The first-order valence-corrected chi connectivity index (χ1v) is 19.1. The molecule has 0 saturated carbocycles. The second-order valence-electron chi connectivity index (χ2n) is 12.3. The number of carbonyl (C=O) groups excluding carboxylic acids is 7. The molecule has 0 unspecified atom stereocenters. The molecular formula is C36H52N2O13S. The Morgan fingerprint density at radius 3 is 1.79 bits per heavy atom. The van der Waals surface area contributed by atoms with Crippen LogP contribution >= 0.6 is 0 Å². The molecule has 0 aromatic heterocycles. The molecule has 52 heavy (non-hydrogen) atoms. The standard InChI is InChI=1S/C36H52N2O13S/c1-7-48-31(40)16-15-29(38-35(44)26(19-32(41)49-8-2)20-33(42)51-23-25-13-11-10-12-14-25)30(39)22-28(24(4)5)36(45)37-27(17-18-52(6,46)47)21-34(43)50-9-3/h10-14,17-18,24,26-29H,7-9,15-16,19-23H2,1-6H3,(H,37,45)(H,38,44)/b18-17+/t26-,27-,28+,29+/m1/s1. The topological polar surface area (TPSA) is 215 Å². The van der Waals surface area contributed by atoms with Crippen molar-refractivity contribution in [1.29, 1.82) is 0 Å². The van der Waals surface area contributed by atoms with Crippen molar-refractivity contribution in [3.8, 4) is 0 Å². The Morgan fingerprint density at radius 2 is 1.25 bits per heavy atom. The van der Waals surface area contributed by atoms with E-state index in [9.17, 15) is 42.0 Å². The van der Waals surface area contributed by atoms with Gasteiger partial charge in [-0.1, -0.05) is 50.3 Å². The van der Waals surface area contributed by atoms with Crippen molar-refractivity contribution in [2.75, 3.05) is 26.1 Å². The fourth-order valence-electron chi connectivity index (χ4n) is 4.86. The zero-order valence-corrected chi connectivity index (χ0v) is 31.5. The molecule has 290 valence electrons. The molecule has 2 N–H and O–H groups in total. The zero-order valence-electron chi connectivity index (χ0n) is 30.7. The second kappa shape index (κ2) is 23.8. The molecule has 0 bridgehead atoms. The highest BCUT2D eigenvalue weighted by molar-refractivity contribution is 7.93. The number of hydrogen-bond donors (Lipinski definition) is 2. The fraction of sp³-hybridized carbons (Fsp3) is 0.583. The summed E-state index contributed by atoms with van der Waals surface area (Å²) < 4.78 is 43.7. The van der Waals surface area contributed by atoms with Gasteiger partial charge in [0.05, 0.1) is 57.1 Å². The Labute approximate surface area is 305 Å². The molecule has 4 atom stereocenters. The van der Waals surface area contributed by atoms with Gasteiger partial charge in [0, 0.05) is 30.4 Å². The maximum atomic E-state index is 13.8. The maximum absolute atomic E-state index is 13.8. The van der Waals surface area contributed by atoms with Crippen molar-refractivity contribution in [3.05, 3.63) is 47.4 Å². The number of ketones is 1. The minimum absolute atomic E-state index is 0.0234. The summed E-state index contributed by atoms with van der Waals surface area (Å²) in [6.45, 7) is 8.21. The second-order valence-corrected chi connectivity index (χ2v) is 14.2. The van der Waals surface area contributed by atoms with Crippen molar-refractivity contribution in [2.45, 2.75) is 91.8 Å². The van der Waals surface area contributed by atoms with Crippen LogP contribution in [0.25, 0.3) is 0 Å². The van der Waals surface area contributed by atoms with Crippen molar-refractivity contribution in [1.82, 2.24) is 10.6 Å². The Bertz CT molecular complexity index is 1490. The first-order chi connectivity index (χ1) is 24.5. The Hall–Kier alpha value is -4.60. The van der Waals surface area contributed by atoms with Gasteiger partial charge in [0.25, 0.3) is 0 Å². The lowest BCUT2D eigenvalue weighted by atomic mass is 9.86. The van der Waals surface area contributed by atoms with Crippen LogP contribution < -0.4 is 10.6 Å². The average Bonchev–Trinajstić information content (AvgIpc) is 3.06. The SMILES string of the molecule is CCOC(=O)CC[C@H](NC(=O)[C@H](CC(=O)OCC)CC(=O)OCc1ccccc1)C(=O)C[C@H](C(=O)N[C@H](/C=C/S(C)(=O)=O)CC(=O)OCC)C(C)C. The number of rotatable bonds is 24. The minimum atomic E-state index is -3.62. The third-order valence-corrected chi connectivity index (χ3v) is 8.18. The normalized spacial score (nSPS) is 13.7. The van der Waals surface area contributed by atoms with Crippen LogP contribution in [0.1, 0.15) is 78.7 Å². The van der Waals surface area contributed by atoms with E-state index in [4.69, 9.17) is 18.9 Å². The van der Waals surface area contributed by atoms with Gasteiger partial charge < -0.3 is 29.6 Å². The van der Waals surface area contributed by atoms with E-state index < -0.39 is 100 Å². The van der Waals surface area contributed by atoms with Crippen LogP contribution in [0.4, 0.5) is 0 Å². The molecule has 0 spiro atoms. The van der Waals surface area contributed by atoms with Gasteiger partial charge in [-0.3, -0.25) is 33.6 Å². The summed E-state index contributed by atoms with van der Waals surface area (Å²) >= 11 is 0. The fourth-order valence-corrected chi connectivity index (χ4v) is 5.33. The van der Waals surface area contributed by atoms with Gasteiger partial charge in [0.15, 0.2) is 15.6 Å². The number of ether oxygens (including phenoxy) is 4. The van der Waals surface area contributed by atoms with Gasteiger partial charge >= 0.3 is 23.9 Å². The summed E-state index contributed by atoms with van der Waals surface area (Å²) in [4.78, 5) is 90.5. The van der Waals surface area contributed by atoms with E-state index in [2.05, 4.69) is 10.6 Å². The number of hydrogen-bond acceptors (Lipinski definition) is 13. The molecule has 0 aliphatic rings. The lowest BCUT2D eigenvalue weighted by Gasteiger charge is -2.26. The minimum Gasteiger partial charge on any atom is -0.466 e. The molecule has 0 saturated heterocycles. The van der Waals surface area contributed by atoms with Crippen molar-refractivity contribution < 1.29 is 60.9 Å². The third kappa shape index (κ3) is 19.1. The summed E-state index contributed by atoms with van der Waals surface area (Å²) in [6.07, 6.45) is -0.238. The number of benzene rings is 1. The van der Waals surface area contributed by atoms with Crippen LogP contribution in [0.2, 0.25) is 0 Å². The number of sulfone groups is 1. The van der Waals surface area contributed by atoms with Gasteiger partial charge in [-0.2, -0.15) is 0 Å². The summed E-state index contributed by atoms with van der Waals surface area (Å²) in [7, 11) is -3.62. The van der Waals surface area contributed by atoms with Crippen LogP contribution in [0, 0.1) is 17.8 Å². The van der Waals surface area contributed by atoms with E-state index in [1.807, 2.05) is 0 Å². The molecular weight excluding hydrogens is 700 g/mol. The zero-order chi connectivity index (χ0) is 39.3. The molecule has 1 aromatic rings. The van der Waals surface area contributed by atoms with Crippen LogP contribution in [-0.4, -0.2) is 88.1 Å². The lowest BCUT2D eigenvalue weighted by Crippen LogP contribution is -2.47. The van der Waals surface area contributed by atoms with Crippen molar-refractivity contribution in [3.63, 3.8) is 0 Å². The molecule has 0 fully saturated rings. The Kier molecular flexibility index (Phi) is 20.8. The van der Waals surface area contributed by atoms with Gasteiger partial charge in [-0.05, 0) is 38.7 Å². The van der Waals surface area contributed by atoms with Crippen LogP contribution in [0.3, 0.4) is 0 Å². The van der Waals surface area contributed by atoms with E-state index in [1.54, 1.807) is 65.0 Å². The number of esters is 4. The monoisotopic (exact) mass is 752 g/mol. The molecule has 0 heterocycles. The van der Waals surface area contributed by atoms with Crippen LogP contribution in [-0.2, 0) is 69.0 Å². The summed E-state index contributed by atoms with van der Waals surface area (Å²) in [5.74, 6) is -7.79. The third-order valence-electron chi connectivity index (χ3n) is 7.53. The molecule has 1 rings (SSSR count). The molecule has 16 heteroatoms. The van der Waals surface area contributed by atoms with E-state index >= 15 is 0 Å². The van der Waals surface area contributed by atoms with Gasteiger partial charge in [-0.15, -0.1) is 0 Å². The molecule has 0 aliphatic heterocycles. The van der Waals surface area contributed by atoms with E-state index in [0.29, 0.717) is 5.56 Å². The molecule has 15 nitrogen and oxygen atoms in total. The quantitative estimate of drug-likeness (QED) is 0.115. The van der Waals surface area contributed by atoms with Crippen molar-refractivity contribution in [2.24, 2.45) is 17.8 Å². The molecule has 0 aliphatic carbocycles. The number of Topliss-reactive ketones (excluding diaryl/α,β-unsaturated/α-hetero) is 1. The van der Waals surface area contributed by atoms with Gasteiger partial charge in [-0.25, -0.2) is 8.42 Å². The Morgan fingerprint density at radius 1 is 0.712 bits per heavy atom. The van der Waals surface area contributed by atoms with Crippen molar-refractivity contribution >= 4 is 51.3 Å². The maximum Gasteiger partial charge on any atom is 0.308 e. The van der Waals surface area contributed by atoms with Gasteiger partial charge in [0.1, 0.15) is 6.61 Å².